The van der Waals surface area contributed by atoms with E-state index in [4.69, 9.17) is 0 Å². The van der Waals surface area contributed by atoms with Crippen LogP contribution in [-0.4, -0.2) is 9.49 Å². The minimum atomic E-state index is -0.661. The van der Waals surface area contributed by atoms with E-state index in [0.29, 0.717) is 23.1 Å². The Morgan fingerprint density at radius 3 is 2.28 bits per heavy atom. The van der Waals surface area contributed by atoms with Gasteiger partial charge in [0.15, 0.2) is 0 Å². The molecule has 1 heterocycles. The van der Waals surface area contributed by atoms with Crippen LogP contribution in [0.5, 0.6) is 0 Å². The van der Waals surface area contributed by atoms with Gasteiger partial charge in [0.25, 0.3) is 0 Å². The van der Waals surface area contributed by atoms with Gasteiger partial charge in [-0.25, -0.2) is 0 Å². The number of para-hydroxylation sites is 2. The maximum Gasteiger partial charge on any atom is 0.357 e. The van der Waals surface area contributed by atoms with Crippen LogP contribution in [0.1, 0.15) is 11.1 Å². The third kappa shape index (κ3) is 3.48. The first kappa shape index (κ1) is 18.4. The summed E-state index contributed by atoms with van der Waals surface area (Å²) in [6, 6.07) is 24.0. The molecule has 0 saturated carbocycles. The van der Waals surface area contributed by atoms with Crippen molar-refractivity contribution in [2.75, 3.05) is 5.32 Å². The summed E-state index contributed by atoms with van der Waals surface area (Å²) in [5.41, 5.74) is 2.42. The number of anilines is 1. The minimum absolute atomic E-state index is 0.239. The van der Waals surface area contributed by atoms with Crippen molar-refractivity contribution < 1.29 is 4.92 Å². The van der Waals surface area contributed by atoms with Gasteiger partial charge in [0.05, 0.1) is 10.4 Å². The molecule has 1 aromatic heterocycles. The molecule has 4 rings (SSSR count). The van der Waals surface area contributed by atoms with Crippen LogP contribution >= 0.6 is 0 Å². The number of nitro groups is 1. The van der Waals surface area contributed by atoms with E-state index in [1.807, 2.05) is 49.4 Å². The molecule has 1 N–H and O–H groups in total. The summed E-state index contributed by atoms with van der Waals surface area (Å²) in [5, 5.41) is 15.6. The number of aromatic nitrogens is 1. The Morgan fingerprint density at radius 2 is 1.59 bits per heavy atom. The molecule has 0 unspecified atom stereocenters. The molecule has 0 aliphatic carbocycles. The molecule has 29 heavy (non-hydrogen) atoms. The average molecular weight is 385 g/mol. The van der Waals surface area contributed by atoms with E-state index >= 15 is 0 Å². The summed E-state index contributed by atoms with van der Waals surface area (Å²) in [5.74, 6) is 0. The van der Waals surface area contributed by atoms with Crippen molar-refractivity contribution in [1.29, 1.82) is 0 Å². The molecule has 3 aromatic carbocycles. The number of fused-ring (bicyclic) bond motifs is 1. The maximum absolute atomic E-state index is 13.2. The van der Waals surface area contributed by atoms with Gasteiger partial charge in [0.2, 0.25) is 0 Å². The molecule has 0 aliphatic rings. The van der Waals surface area contributed by atoms with Gasteiger partial charge in [0.1, 0.15) is 5.69 Å². The quantitative estimate of drug-likeness (QED) is 0.395. The van der Waals surface area contributed by atoms with Crippen LogP contribution in [0.25, 0.3) is 16.6 Å². The second-order valence-electron chi connectivity index (χ2n) is 6.81. The van der Waals surface area contributed by atoms with Crippen LogP contribution in [0.15, 0.2) is 83.7 Å². The summed E-state index contributed by atoms with van der Waals surface area (Å²) in [6.45, 7) is 2.37. The summed E-state index contributed by atoms with van der Waals surface area (Å²) in [7, 11) is 0. The van der Waals surface area contributed by atoms with E-state index in [-0.39, 0.29) is 5.69 Å². The molecule has 144 valence electrons. The Kier molecular flexibility index (Phi) is 4.83. The van der Waals surface area contributed by atoms with Crippen LogP contribution in [0, 0.1) is 17.0 Å². The number of aryl methyl sites for hydroxylation is 1. The lowest BCUT2D eigenvalue weighted by molar-refractivity contribution is -0.385. The molecule has 6 heteroatoms. The zero-order valence-electron chi connectivity index (χ0n) is 15.8. The molecule has 0 saturated heterocycles. The summed E-state index contributed by atoms with van der Waals surface area (Å²) in [4.78, 5) is 24.5. The van der Waals surface area contributed by atoms with Gasteiger partial charge >= 0.3 is 11.2 Å². The highest BCUT2D eigenvalue weighted by atomic mass is 16.6. The molecule has 0 radical (unpaired) electrons. The zero-order valence-corrected chi connectivity index (χ0v) is 15.8. The SMILES string of the molecule is Cc1ccc(CNc2c([N+](=O)[O-])c(=O)n(-c3ccccc3)c3ccccc23)cc1. The van der Waals surface area contributed by atoms with Gasteiger partial charge < -0.3 is 5.32 Å². The van der Waals surface area contributed by atoms with Crippen molar-refractivity contribution in [3.8, 4) is 5.69 Å². The normalized spacial score (nSPS) is 10.8. The van der Waals surface area contributed by atoms with Gasteiger partial charge in [0, 0.05) is 17.6 Å². The highest BCUT2D eigenvalue weighted by Gasteiger charge is 2.26. The van der Waals surface area contributed by atoms with E-state index in [1.54, 1.807) is 36.4 Å². The molecule has 0 bridgehead atoms. The van der Waals surface area contributed by atoms with Crippen molar-refractivity contribution in [1.82, 2.24) is 4.57 Å². The van der Waals surface area contributed by atoms with E-state index in [1.165, 1.54) is 4.57 Å². The largest absolute Gasteiger partial charge is 0.375 e. The number of nitrogens with one attached hydrogen (secondary N) is 1. The van der Waals surface area contributed by atoms with Crippen LogP contribution in [-0.2, 0) is 6.54 Å². The molecule has 0 fully saturated rings. The third-order valence-electron chi connectivity index (χ3n) is 4.84. The Labute approximate surface area is 167 Å². The topological polar surface area (TPSA) is 77.2 Å². The smallest absolute Gasteiger partial charge is 0.357 e. The Morgan fingerprint density at radius 1 is 0.931 bits per heavy atom. The summed E-state index contributed by atoms with van der Waals surface area (Å²) < 4.78 is 1.39. The first-order valence-electron chi connectivity index (χ1n) is 9.23. The van der Waals surface area contributed by atoms with Crippen LogP contribution < -0.4 is 10.9 Å². The van der Waals surface area contributed by atoms with Crippen LogP contribution in [0.3, 0.4) is 0 Å². The molecule has 0 atom stereocenters. The van der Waals surface area contributed by atoms with Crippen molar-refractivity contribution in [3.05, 3.63) is 110 Å². The first-order valence-corrected chi connectivity index (χ1v) is 9.23. The van der Waals surface area contributed by atoms with E-state index in [2.05, 4.69) is 5.32 Å². The van der Waals surface area contributed by atoms with Crippen molar-refractivity contribution in [2.24, 2.45) is 0 Å². The zero-order chi connectivity index (χ0) is 20.4. The molecule has 4 aromatic rings. The highest BCUT2D eigenvalue weighted by molar-refractivity contribution is 5.97. The third-order valence-corrected chi connectivity index (χ3v) is 4.84. The predicted molar refractivity (Wildman–Crippen MR) is 115 cm³/mol. The average Bonchev–Trinajstić information content (AvgIpc) is 2.73. The lowest BCUT2D eigenvalue weighted by Gasteiger charge is -2.15. The lowest BCUT2D eigenvalue weighted by atomic mass is 10.1. The fourth-order valence-corrected chi connectivity index (χ4v) is 3.41. The monoisotopic (exact) mass is 385 g/mol. The molecule has 6 nitrogen and oxygen atoms in total. The van der Waals surface area contributed by atoms with Gasteiger partial charge in [-0.2, -0.15) is 0 Å². The second kappa shape index (κ2) is 7.59. The first-order chi connectivity index (χ1) is 14.1. The van der Waals surface area contributed by atoms with Gasteiger partial charge in [-0.05, 0) is 30.7 Å². The predicted octanol–water partition coefficient (Wildman–Crippen LogP) is 4.82. The standard InChI is InChI=1S/C23H19N3O3/c1-16-11-13-17(14-12-16)15-24-21-19-9-5-6-10-20(19)25(18-7-3-2-4-8-18)23(27)22(21)26(28)29/h2-14,24H,15H2,1H3. The summed E-state index contributed by atoms with van der Waals surface area (Å²) in [6.07, 6.45) is 0. The second-order valence-corrected chi connectivity index (χ2v) is 6.81. The number of hydrogen-bond acceptors (Lipinski definition) is 4. The van der Waals surface area contributed by atoms with E-state index in [9.17, 15) is 14.9 Å². The van der Waals surface area contributed by atoms with Crippen molar-refractivity contribution in [3.63, 3.8) is 0 Å². The molecule has 0 amide bonds. The number of rotatable bonds is 5. The number of benzene rings is 3. The van der Waals surface area contributed by atoms with Gasteiger partial charge in [-0.1, -0.05) is 66.2 Å². The fourth-order valence-electron chi connectivity index (χ4n) is 3.41. The van der Waals surface area contributed by atoms with Gasteiger partial charge in [-0.15, -0.1) is 0 Å². The minimum Gasteiger partial charge on any atom is -0.375 e. The molecular formula is C23H19N3O3. The fraction of sp³-hybridized carbons (Fsp3) is 0.0870. The summed E-state index contributed by atoms with van der Waals surface area (Å²) >= 11 is 0. The van der Waals surface area contributed by atoms with E-state index < -0.39 is 16.2 Å². The highest BCUT2D eigenvalue weighted by Crippen LogP contribution is 2.31. The van der Waals surface area contributed by atoms with Crippen molar-refractivity contribution in [2.45, 2.75) is 13.5 Å². The lowest BCUT2D eigenvalue weighted by Crippen LogP contribution is -2.23. The molecular weight excluding hydrogens is 366 g/mol. The Balaban J connectivity index is 1.92. The Bertz CT molecular complexity index is 1250. The van der Waals surface area contributed by atoms with Crippen LogP contribution in [0.4, 0.5) is 11.4 Å². The van der Waals surface area contributed by atoms with Crippen LogP contribution in [0.2, 0.25) is 0 Å². The molecule has 0 spiro atoms. The number of pyridine rings is 1. The van der Waals surface area contributed by atoms with E-state index in [0.717, 1.165) is 11.1 Å². The van der Waals surface area contributed by atoms with Crippen molar-refractivity contribution >= 4 is 22.3 Å². The number of hydrogen-bond donors (Lipinski definition) is 1. The number of nitrogens with zero attached hydrogens (tertiary/aromatic N) is 2. The maximum atomic E-state index is 13.2. The molecule has 0 aliphatic heterocycles. The Hall–Kier alpha value is -3.93. The van der Waals surface area contributed by atoms with Gasteiger partial charge in [-0.3, -0.25) is 19.5 Å².